The van der Waals surface area contributed by atoms with Gasteiger partial charge in [-0.2, -0.15) is 0 Å². The SMILES string of the molecule is O=C([O-])O.O=C([O-])[O-].[Li+].[Zn+2]. The van der Waals surface area contributed by atoms with Crippen LogP contribution in [-0.2, 0) is 19.5 Å². The monoisotopic (exact) mass is 192 g/mol. The van der Waals surface area contributed by atoms with Crippen molar-refractivity contribution in [1.82, 2.24) is 0 Å². The second-order valence-corrected chi connectivity index (χ2v) is 0.516. The molecule has 1 N–H and O–H groups in total. The molecule has 6 nitrogen and oxygen atoms in total. The molecule has 0 atom stereocenters. The summed E-state index contributed by atoms with van der Waals surface area (Å²) in [4.78, 5) is 16.8. The van der Waals surface area contributed by atoms with Crippen LogP contribution in [0.25, 0.3) is 0 Å². The van der Waals surface area contributed by atoms with Crippen molar-refractivity contribution >= 4 is 12.3 Å². The average molecular weight is 193 g/mol. The van der Waals surface area contributed by atoms with E-state index in [2.05, 4.69) is 0 Å². The second kappa shape index (κ2) is 15.9. The van der Waals surface area contributed by atoms with Crippen LogP contribution in [0.15, 0.2) is 0 Å². The van der Waals surface area contributed by atoms with Gasteiger partial charge in [-0.15, -0.1) is 0 Å². The fraction of sp³-hybridized carbons (Fsp3) is 0. The van der Waals surface area contributed by atoms with E-state index in [0.717, 1.165) is 0 Å². The van der Waals surface area contributed by atoms with Crippen LogP contribution in [0.4, 0.5) is 9.59 Å². The van der Waals surface area contributed by atoms with Gasteiger partial charge in [0.25, 0.3) is 0 Å². The van der Waals surface area contributed by atoms with Gasteiger partial charge in [0, 0.05) is 0 Å². The van der Waals surface area contributed by atoms with Crippen LogP contribution >= 0.6 is 0 Å². The van der Waals surface area contributed by atoms with Gasteiger partial charge in [0.05, 0.1) is 0 Å². The summed E-state index contributed by atoms with van der Waals surface area (Å²) < 4.78 is 0. The van der Waals surface area contributed by atoms with Gasteiger partial charge in [-0.1, -0.05) is 0 Å². The minimum atomic E-state index is -2.33. The van der Waals surface area contributed by atoms with Gasteiger partial charge in [-0.05, 0) is 6.16 Å². The maximum absolute atomic E-state index is 8.44. The molecule has 0 aliphatic carbocycles. The number of hydrogen-bond acceptors (Lipinski definition) is 5. The molecule has 0 amide bonds. The Hall–Kier alpha value is -0.239. The summed E-state index contributed by atoms with van der Waals surface area (Å²) in [5, 5.41) is 32.0. The fourth-order valence-corrected chi connectivity index (χ4v) is 0. The zero-order valence-corrected chi connectivity index (χ0v) is 8.16. The summed E-state index contributed by atoms with van der Waals surface area (Å²) in [7, 11) is 0. The van der Waals surface area contributed by atoms with Crippen molar-refractivity contribution in [2.24, 2.45) is 0 Å². The summed E-state index contributed by atoms with van der Waals surface area (Å²) >= 11 is 0. The molecule has 0 radical (unpaired) electrons. The van der Waals surface area contributed by atoms with Crippen molar-refractivity contribution in [2.45, 2.75) is 0 Å². The van der Waals surface area contributed by atoms with E-state index in [1.165, 1.54) is 0 Å². The summed E-state index contributed by atoms with van der Waals surface area (Å²) in [5.74, 6) is 0. The maximum atomic E-state index is 8.44. The van der Waals surface area contributed by atoms with Crippen molar-refractivity contribution in [1.29, 1.82) is 0 Å². The summed E-state index contributed by atoms with van der Waals surface area (Å²) in [6, 6.07) is 0. The molecule has 0 saturated carbocycles. The van der Waals surface area contributed by atoms with E-state index in [1.807, 2.05) is 0 Å². The number of carboxylic acid groups (broad SMARTS) is 4. The molecule has 0 aliphatic heterocycles. The molecular formula is C2HLiO6Zn. The summed E-state index contributed by atoms with van der Waals surface area (Å²) in [5.41, 5.74) is 0. The predicted molar refractivity (Wildman–Crippen MR) is 13.4 cm³/mol. The Kier molecular flexibility index (Phi) is 35.9. The average Bonchev–Trinajstić information content (AvgIpc) is 1.25. The van der Waals surface area contributed by atoms with Gasteiger partial charge < -0.3 is 30.0 Å². The molecule has 8 heteroatoms. The van der Waals surface area contributed by atoms with E-state index in [-0.39, 0.29) is 38.3 Å². The quantitative estimate of drug-likeness (QED) is 0.381. The van der Waals surface area contributed by atoms with Gasteiger partial charge in [-0.3, -0.25) is 0 Å². The molecule has 0 unspecified atom stereocenters. The number of rotatable bonds is 0. The first-order chi connectivity index (χ1) is 3.46. The summed E-state index contributed by atoms with van der Waals surface area (Å²) in [6.07, 6.45) is -4.42. The molecule has 0 aliphatic rings. The van der Waals surface area contributed by atoms with Crippen LogP contribution in [0.1, 0.15) is 0 Å². The van der Waals surface area contributed by atoms with E-state index < -0.39 is 12.3 Å². The summed E-state index contributed by atoms with van der Waals surface area (Å²) in [6.45, 7) is 0. The molecular weight excluding hydrogens is 192 g/mol. The Bertz CT molecular complexity index is 73.7. The van der Waals surface area contributed by atoms with E-state index in [1.54, 1.807) is 0 Å². The van der Waals surface area contributed by atoms with Crippen LogP contribution in [0.3, 0.4) is 0 Å². The van der Waals surface area contributed by atoms with E-state index in [4.69, 9.17) is 30.0 Å². The van der Waals surface area contributed by atoms with Crippen molar-refractivity contribution in [2.75, 3.05) is 0 Å². The Labute approximate surface area is 80.8 Å². The van der Waals surface area contributed by atoms with Gasteiger partial charge in [-0.25, -0.2) is 0 Å². The van der Waals surface area contributed by atoms with Crippen LogP contribution in [0, 0.1) is 0 Å². The van der Waals surface area contributed by atoms with Gasteiger partial charge in [0.2, 0.25) is 6.16 Å². The molecule has 0 bridgehead atoms. The molecule has 0 heterocycles. The Balaban J connectivity index is -0.0000000300. The number of carbonyl (C=O) groups excluding carboxylic acids is 1. The molecule has 0 rings (SSSR count). The van der Waals surface area contributed by atoms with Crippen LogP contribution in [0.5, 0.6) is 0 Å². The number of hydrogen-bond donors (Lipinski definition) is 1. The van der Waals surface area contributed by atoms with Crippen molar-refractivity contribution in [3.05, 3.63) is 0 Å². The Morgan fingerprint density at radius 2 is 1.10 bits per heavy atom. The fourth-order valence-electron chi connectivity index (χ4n) is 0. The topological polar surface area (TPSA) is 124 Å². The molecule has 0 fully saturated rings. The Morgan fingerprint density at radius 1 is 1.10 bits per heavy atom. The molecule has 48 valence electrons. The number of carbonyl (C=O) groups is 2. The molecule has 0 aromatic rings. The third kappa shape index (κ3) is 6200. The normalized spacial score (nSPS) is 4.80. The van der Waals surface area contributed by atoms with Crippen molar-refractivity contribution in [3.63, 3.8) is 0 Å². The third-order valence-electron chi connectivity index (χ3n) is 0. The van der Waals surface area contributed by atoms with Crippen LogP contribution in [-0.4, -0.2) is 17.4 Å². The van der Waals surface area contributed by atoms with E-state index >= 15 is 0 Å². The van der Waals surface area contributed by atoms with Crippen LogP contribution in [0.2, 0.25) is 0 Å². The minimum Gasteiger partial charge on any atom is -0.652 e. The predicted octanol–water partition coefficient (Wildman–Crippen LogP) is -6.56. The first-order valence-corrected chi connectivity index (χ1v) is 1.24. The zero-order valence-electron chi connectivity index (χ0n) is 5.20. The first kappa shape index (κ1) is 22.6. The zero-order chi connectivity index (χ0) is 7.15. The third-order valence-corrected chi connectivity index (χ3v) is 0. The second-order valence-electron chi connectivity index (χ2n) is 0.516. The van der Waals surface area contributed by atoms with E-state index in [9.17, 15) is 0 Å². The first-order valence-electron chi connectivity index (χ1n) is 1.24. The van der Waals surface area contributed by atoms with Gasteiger partial charge in [0.1, 0.15) is 0 Å². The molecule has 0 spiro atoms. The van der Waals surface area contributed by atoms with Crippen molar-refractivity contribution < 1.29 is 68.4 Å². The maximum Gasteiger partial charge on any atom is 2.00 e. The molecule has 0 aromatic carbocycles. The van der Waals surface area contributed by atoms with Gasteiger partial charge in [0.15, 0.2) is 0 Å². The minimum absolute atomic E-state index is 0. The largest absolute Gasteiger partial charge is 2.00 e. The molecule has 10 heavy (non-hydrogen) atoms. The Morgan fingerprint density at radius 3 is 1.10 bits per heavy atom. The standard InChI is InChI=1S/2CH2O3.Li.Zn/c2*2-1(3)4;;/h2*(H2,2,3,4);;/q;;+1;+2/p-3. The van der Waals surface area contributed by atoms with E-state index in [0.29, 0.717) is 0 Å². The van der Waals surface area contributed by atoms with Crippen LogP contribution < -0.4 is 34.2 Å². The smallest absolute Gasteiger partial charge is 0.652 e. The molecule has 0 aromatic heterocycles. The van der Waals surface area contributed by atoms with Crippen molar-refractivity contribution in [3.8, 4) is 0 Å². The van der Waals surface area contributed by atoms with Gasteiger partial charge >= 0.3 is 38.3 Å². The molecule has 0 saturated heterocycles.